The standard InChI is InChI=1S/C65H46N2/c1-64(2)58-29-14-12-26-53(58)55-38-36-49(41-60(55)64)67(50-37-39-56-54-27-13-15-30-59(54)65(61(56)42-50,46-21-5-3-6-22-46)47-23-7-4-8-24-47)48-34-32-44(33-35-48)63-57(40-45-19-10-16-31-62(45)66-63)52-28-17-20-43-18-9-11-25-51(43)52/h3-42H,1-2H3. The van der Waals surface area contributed by atoms with E-state index in [2.05, 4.69) is 261 Å². The van der Waals surface area contributed by atoms with Crippen LogP contribution in [0, 0.1) is 0 Å². The van der Waals surface area contributed by atoms with E-state index in [-0.39, 0.29) is 5.41 Å². The zero-order chi connectivity index (χ0) is 44.7. The summed E-state index contributed by atoms with van der Waals surface area (Å²) in [5.74, 6) is 0. The van der Waals surface area contributed by atoms with Crippen LogP contribution in [-0.4, -0.2) is 4.98 Å². The molecule has 0 unspecified atom stereocenters. The van der Waals surface area contributed by atoms with Gasteiger partial charge in [-0.05, 0) is 121 Å². The van der Waals surface area contributed by atoms with Gasteiger partial charge in [0.15, 0.2) is 0 Å². The van der Waals surface area contributed by atoms with Gasteiger partial charge in [0, 0.05) is 39.0 Å². The van der Waals surface area contributed by atoms with Crippen LogP contribution >= 0.6 is 0 Å². The zero-order valence-corrected chi connectivity index (χ0v) is 37.5. The average molecular weight is 855 g/mol. The number of benzene rings is 10. The predicted octanol–water partition coefficient (Wildman–Crippen LogP) is 16.9. The van der Waals surface area contributed by atoms with Crippen LogP contribution < -0.4 is 4.90 Å². The van der Waals surface area contributed by atoms with E-state index in [1.807, 2.05) is 0 Å². The Hall–Kier alpha value is -8.33. The number of fused-ring (bicyclic) bond motifs is 8. The van der Waals surface area contributed by atoms with Gasteiger partial charge in [0.05, 0.1) is 16.6 Å². The van der Waals surface area contributed by atoms with Crippen molar-refractivity contribution in [1.29, 1.82) is 0 Å². The third kappa shape index (κ3) is 5.93. The number of pyridine rings is 1. The summed E-state index contributed by atoms with van der Waals surface area (Å²) in [5, 5.41) is 3.56. The Balaban J connectivity index is 1.03. The van der Waals surface area contributed by atoms with Gasteiger partial charge in [0.1, 0.15) is 0 Å². The minimum absolute atomic E-state index is 0.160. The Labute approximate surface area is 392 Å². The highest BCUT2D eigenvalue weighted by Crippen LogP contribution is 2.58. The van der Waals surface area contributed by atoms with E-state index >= 15 is 0 Å². The molecule has 2 aliphatic carbocycles. The SMILES string of the molecule is CC1(C)c2ccccc2-c2ccc(N(c3ccc(-c4nc5ccccc5cc4-c4cccc5ccccc45)cc3)c3ccc4c(c3)C(c3ccccc3)(c3ccccc3)c3ccccc3-4)cc21. The molecule has 0 spiro atoms. The molecular weight excluding hydrogens is 809 g/mol. The Bertz CT molecular complexity index is 3670. The second kappa shape index (κ2) is 15.1. The smallest absolute Gasteiger partial charge is 0.0788 e. The third-order valence-corrected chi connectivity index (χ3v) is 14.7. The fraction of sp³-hybridized carbons (Fsp3) is 0.0615. The highest BCUT2D eigenvalue weighted by Gasteiger charge is 2.46. The first kappa shape index (κ1) is 39.1. The maximum absolute atomic E-state index is 5.41. The fourth-order valence-corrected chi connectivity index (χ4v) is 11.6. The molecule has 11 aromatic rings. The molecule has 0 aliphatic heterocycles. The van der Waals surface area contributed by atoms with Gasteiger partial charge < -0.3 is 4.90 Å². The summed E-state index contributed by atoms with van der Waals surface area (Å²) in [4.78, 5) is 7.88. The molecule has 0 N–H and O–H groups in total. The van der Waals surface area contributed by atoms with Gasteiger partial charge in [-0.15, -0.1) is 0 Å². The molecule has 0 saturated heterocycles. The predicted molar refractivity (Wildman–Crippen MR) is 280 cm³/mol. The van der Waals surface area contributed by atoms with Crippen molar-refractivity contribution < 1.29 is 0 Å². The van der Waals surface area contributed by atoms with E-state index < -0.39 is 5.41 Å². The summed E-state index contributed by atoms with van der Waals surface area (Å²) in [6, 6.07) is 89.5. The number of anilines is 3. The number of para-hydroxylation sites is 1. The molecule has 13 rings (SSSR count). The van der Waals surface area contributed by atoms with Crippen LogP contribution in [0.4, 0.5) is 17.1 Å². The molecule has 2 nitrogen and oxygen atoms in total. The van der Waals surface area contributed by atoms with Crippen LogP contribution in [-0.2, 0) is 10.8 Å². The van der Waals surface area contributed by atoms with E-state index in [4.69, 9.17) is 4.98 Å². The Morgan fingerprint density at radius 1 is 0.343 bits per heavy atom. The molecule has 0 saturated carbocycles. The van der Waals surface area contributed by atoms with E-state index in [1.165, 1.54) is 72.0 Å². The van der Waals surface area contributed by atoms with Crippen molar-refractivity contribution >= 4 is 38.7 Å². The summed E-state index contributed by atoms with van der Waals surface area (Å²) in [5.41, 5.74) is 20.9. The molecule has 1 aromatic heterocycles. The Morgan fingerprint density at radius 2 is 0.851 bits per heavy atom. The maximum Gasteiger partial charge on any atom is 0.0788 e. The number of aromatic nitrogens is 1. The van der Waals surface area contributed by atoms with E-state index in [1.54, 1.807) is 0 Å². The molecule has 2 heteroatoms. The maximum atomic E-state index is 5.41. The fourth-order valence-electron chi connectivity index (χ4n) is 11.6. The lowest BCUT2D eigenvalue weighted by Crippen LogP contribution is -2.28. The number of nitrogens with zero attached hydrogens (tertiary/aromatic N) is 2. The molecule has 10 aromatic carbocycles. The summed E-state index contributed by atoms with van der Waals surface area (Å²) in [7, 11) is 0. The first-order chi connectivity index (χ1) is 33.0. The van der Waals surface area contributed by atoms with Gasteiger partial charge in [0.2, 0.25) is 0 Å². The number of hydrogen-bond donors (Lipinski definition) is 0. The van der Waals surface area contributed by atoms with Gasteiger partial charge >= 0.3 is 0 Å². The molecule has 67 heavy (non-hydrogen) atoms. The van der Waals surface area contributed by atoms with Gasteiger partial charge in [-0.2, -0.15) is 0 Å². The van der Waals surface area contributed by atoms with Gasteiger partial charge in [0.25, 0.3) is 0 Å². The van der Waals surface area contributed by atoms with Gasteiger partial charge in [-0.1, -0.05) is 208 Å². The minimum Gasteiger partial charge on any atom is -0.310 e. The summed E-state index contributed by atoms with van der Waals surface area (Å²) in [6.07, 6.45) is 0. The highest BCUT2D eigenvalue weighted by molar-refractivity contribution is 6.02. The highest BCUT2D eigenvalue weighted by atomic mass is 15.1. The lowest BCUT2D eigenvalue weighted by atomic mass is 9.67. The van der Waals surface area contributed by atoms with Gasteiger partial charge in [-0.25, -0.2) is 4.98 Å². The first-order valence-corrected chi connectivity index (χ1v) is 23.4. The van der Waals surface area contributed by atoms with Crippen molar-refractivity contribution in [2.24, 2.45) is 0 Å². The second-order valence-corrected chi connectivity index (χ2v) is 18.6. The van der Waals surface area contributed by atoms with Crippen LogP contribution in [0.1, 0.15) is 47.2 Å². The summed E-state index contributed by atoms with van der Waals surface area (Å²) < 4.78 is 0. The van der Waals surface area contributed by atoms with Crippen molar-refractivity contribution in [3.63, 3.8) is 0 Å². The van der Waals surface area contributed by atoms with Crippen molar-refractivity contribution in [1.82, 2.24) is 4.98 Å². The normalized spacial score (nSPS) is 13.8. The zero-order valence-electron chi connectivity index (χ0n) is 37.5. The molecule has 0 atom stereocenters. The van der Waals surface area contributed by atoms with Gasteiger partial charge in [-0.3, -0.25) is 0 Å². The van der Waals surface area contributed by atoms with Crippen LogP contribution in [0.15, 0.2) is 243 Å². The van der Waals surface area contributed by atoms with Crippen LogP contribution in [0.5, 0.6) is 0 Å². The molecule has 0 bridgehead atoms. The van der Waals surface area contributed by atoms with Crippen molar-refractivity contribution in [3.8, 4) is 44.6 Å². The molecular formula is C65H46N2. The topological polar surface area (TPSA) is 16.1 Å². The Kier molecular flexibility index (Phi) is 8.82. The van der Waals surface area contributed by atoms with E-state index in [9.17, 15) is 0 Å². The van der Waals surface area contributed by atoms with Crippen molar-refractivity contribution in [3.05, 3.63) is 276 Å². The molecule has 316 valence electrons. The van der Waals surface area contributed by atoms with Crippen LogP contribution in [0.25, 0.3) is 66.3 Å². The van der Waals surface area contributed by atoms with Crippen molar-refractivity contribution in [2.45, 2.75) is 24.7 Å². The largest absolute Gasteiger partial charge is 0.310 e. The molecule has 0 fully saturated rings. The molecule has 1 heterocycles. The number of hydrogen-bond acceptors (Lipinski definition) is 2. The quantitative estimate of drug-likeness (QED) is 0.159. The van der Waals surface area contributed by atoms with Crippen molar-refractivity contribution in [2.75, 3.05) is 4.90 Å². The Morgan fingerprint density at radius 3 is 1.57 bits per heavy atom. The molecule has 2 aliphatic rings. The van der Waals surface area contributed by atoms with Crippen LogP contribution in [0.2, 0.25) is 0 Å². The number of rotatable bonds is 7. The second-order valence-electron chi connectivity index (χ2n) is 18.6. The molecule has 0 radical (unpaired) electrons. The average Bonchev–Trinajstić information content (AvgIpc) is 3.81. The summed E-state index contributed by atoms with van der Waals surface area (Å²) in [6.45, 7) is 4.73. The summed E-state index contributed by atoms with van der Waals surface area (Å²) >= 11 is 0. The monoisotopic (exact) mass is 854 g/mol. The first-order valence-electron chi connectivity index (χ1n) is 23.4. The lowest BCUT2D eigenvalue weighted by Gasteiger charge is -2.35. The van der Waals surface area contributed by atoms with E-state index in [0.717, 1.165) is 44.8 Å². The van der Waals surface area contributed by atoms with E-state index in [0.29, 0.717) is 0 Å². The van der Waals surface area contributed by atoms with Crippen LogP contribution in [0.3, 0.4) is 0 Å². The minimum atomic E-state index is -0.526. The third-order valence-electron chi connectivity index (χ3n) is 14.7. The lowest BCUT2D eigenvalue weighted by molar-refractivity contribution is 0.660. The molecule has 0 amide bonds.